The minimum absolute atomic E-state index is 0.673. The molecule has 2 rings (SSSR count). The third kappa shape index (κ3) is 2.96. The number of hydrogen-bond donors (Lipinski definition) is 2. The van der Waals surface area contributed by atoms with Gasteiger partial charge in [-0.2, -0.15) is 0 Å². The zero-order valence-electron chi connectivity index (χ0n) is 10.1. The highest BCUT2D eigenvalue weighted by molar-refractivity contribution is 5.44. The topological polar surface area (TPSA) is 54.8 Å². The van der Waals surface area contributed by atoms with Crippen LogP contribution in [0.25, 0.3) is 0 Å². The molecule has 2 aromatic rings. The van der Waals surface area contributed by atoms with Gasteiger partial charge in [-0.25, -0.2) is 9.97 Å². The molecule has 5 heteroatoms. The second-order valence-electron chi connectivity index (χ2n) is 3.75. The van der Waals surface area contributed by atoms with Crippen molar-refractivity contribution in [3.63, 3.8) is 0 Å². The quantitative estimate of drug-likeness (QED) is 0.824. The van der Waals surface area contributed by atoms with E-state index in [0.717, 1.165) is 24.0 Å². The van der Waals surface area contributed by atoms with Crippen molar-refractivity contribution < 1.29 is 0 Å². The van der Waals surface area contributed by atoms with Crippen molar-refractivity contribution in [2.75, 3.05) is 17.2 Å². The zero-order chi connectivity index (χ0) is 12.1. The Kier molecular flexibility index (Phi) is 3.59. The van der Waals surface area contributed by atoms with E-state index < -0.39 is 0 Å². The monoisotopic (exact) mass is 231 g/mol. The predicted molar refractivity (Wildman–Crippen MR) is 68.9 cm³/mol. The van der Waals surface area contributed by atoms with Gasteiger partial charge in [-0.3, -0.25) is 0 Å². The van der Waals surface area contributed by atoms with Gasteiger partial charge >= 0.3 is 0 Å². The Balaban J connectivity index is 1.99. The average Bonchev–Trinajstić information content (AvgIpc) is 2.73. The van der Waals surface area contributed by atoms with E-state index in [2.05, 4.69) is 27.5 Å². The molecule has 2 aromatic heterocycles. The number of nitrogens with one attached hydrogen (secondary N) is 2. The summed E-state index contributed by atoms with van der Waals surface area (Å²) in [6.07, 6.45) is 3.72. The van der Waals surface area contributed by atoms with Gasteiger partial charge in [0.25, 0.3) is 0 Å². The summed E-state index contributed by atoms with van der Waals surface area (Å²) in [5.74, 6) is 2.73. The Morgan fingerprint density at radius 2 is 2.00 bits per heavy atom. The fourth-order valence-corrected chi connectivity index (χ4v) is 1.55. The first-order valence-electron chi connectivity index (χ1n) is 5.70. The second kappa shape index (κ2) is 5.34. The highest BCUT2D eigenvalue weighted by Crippen LogP contribution is 2.09. The van der Waals surface area contributed by atoms with Gasteiger partial charge in [-0.15, -0.1) is 0 Å². The van der Waals surface area contributed by atoms with Crippen LogP contribution in [0.5, 0.6) is 0 Å². The average molecular weight is 231 g/mol. The van der Waals surface area contributed by atoms with E-state index in [0.29, 0.717) is 6.54 Å². The van der Waals surface area contributed by atoms with Crippen LogP contribution in [0.3, 0.4) is 0 Å². The van der Waals surface area contributed by atoms with Crippen molar-refractivity contribution in [3.05, 3.63) is 36.4 Å². The van der Waals surface area contributed by atoms with Gasteiger partial charge < -0.3 is 15.2 Å². The normalized spacial score (nSPS) is 10.2. The highest BCUT2D eigenvalue weighted by atomic mass is 15.1. The summed E-state index contributed by atoms with van der Waals surface area (Å²) in [5.41, 5.74) is 0. The van der Waals surface area contributed by atoms with Gasteiger partial charge in [0, 0.05) is 26.0 Å². The van der Waals surface area contributed by atoms with Gasteiger partial charge in [0.2, 0.25) is 0 Å². The van der Waals surface area contributed by atoms with Crippen LogP contribution in [0.2, 0.25) is 0 Å². The molecular formula is C12H17N5. The van der Waals surface area contributed by atoms with Gasteiger partial charge in [0.15, 0.2) is 0 Å². The molecule has 0 aliphatic heterocycles. The van der Waals surface area contributed by atoms with Crippen molar-refractivity contribution in [1.29, 1.82) is 0 Å². The first-order chi connectivity index (χ1) is 8.29. The van der Waals surface area contributed by atoms with Crippen LogP contribution in [0.4, 0.5) is 11.6 Å². The number of anilines is 2. The van der Waals surface area contributed by atoms with E-state index in [1.165, 1.54) is 0 Å². The lowest BCUT2D eigenvalue weighted by molar-refractivity contribution is 0.811. The van der Waals surface area contributed by atoms with E-state index in [-0.39, 0.29) is 0 Å². The lowest BCUT2D eigenvalue weighted by atomic mass is 10.4. The summed E-state index contributed by atoms with van der Waals surface area (Å²) < 4.78 is 1.99. The number of imidazole rings is 1. The molecule has 5 nitrogen and oxygen atoms in total. The molecule has 0 aliphatic rings. The van der Waals surface area contributed by atoms with Crippen LogP contribution in [-0.2, 0) is 13.6 Å². The van der Waals surface area contributed by atoms with Crippen molar-refractivity contribution in [2.45, 2.75) is 13.5 Å². The molecule has 0 radical (unpaired) electrons. The molecule has 17 heavy (non-hydrogen) atoms. The summed E-state index contributed by atoms with van der Waals surface area (Å²) >= 11 is 0. The van der Waals surface area contributed by atoms with Crippen LogP contribution >= 0.6 is 0 Å². The van der Waals surface area contributed by atoms with E-state index in [1.54, 1.807) is 6.20 Å². The molecule has 0 saturated heterocycles. The maximum absolute atomic E-state index is 4.43. The summed E-state index contributed by atoms with van der Waals surface area (Å²) in [7, 11) is 1.98. The molecular weight excluding hydrogens is 214 g/mol. The molecule has 0 spiro atoms. The van der Waals surface area contributed by atoms with Crippen LogP contribution in [-0.4, -0.2) is 21.1 Å². The predicted octanol–water partition coefficient (Wildman–Crippen LogP) is 1.86. The summed E-state index contributed by atoms with van der Waals surface area (Å²) in [6, 6.07) is 5.88. The number of aromatic nitrogens is 3. The minimum atomic E-state index is 0.673. The third-order valence-corrected chi connectivity index (χ3v) is 2.46. The molecule has 0 fully saturated rings. The number of aryl methyl sites for hydroxylation is 1. The first-order valence-corrected chi connectivity index (χ1v) is 5.70. The molecule has 0 aromatic carbocycles. The van der Waals surface area contributed by atoms with Crippen LogP contribution in [0.1, 0.15) is 12.7 Å². The Morgan fingerprint density at radius 1 is 1.24 bits per heavy atom. The van der Waals surface area contributed by atoms with E-state index in [4.69, 9.17) is 0 Å². The molecule has 2 N–H and O–H groups in total. The second-order valence-corrected chi connectivity index (χ2v) is 3.75. The molecule has 0 aliphatic carbocycles. The zero-order valence-corrected chi connectivity index (χ0v) is 10.1. The van der Waals surface area contributed by atoms with Gasteiger partial charge in [0.05, 0.1) is 6.54 Å². The van der Waals surface area contributed by atoms with E-state index in [9.17, 15) is 0 Å². The molecule has 0 atom stereocenters. The highest BCUT2D eigenvalue weighted by Gasteiger charge is 2.00. The maximum atomic E-state index is 4.43. The maximum Gasteiger partial charge on any atom is 0.128 e. The van der Waals surface area contributed by atoms with Crippen molar-refractivity contribution in [3.8, 4) is 0 Å². The Morgan fingerprint density at radius 3 is 2.65 bits per heavy atom. The SMILES string of the molecule is CCNc1cccc(NCc2nccn2C)n1. The number of hydrogen-bond acceptors (Lipinski definition) is 4. The number of nitrogens with zero attached hydrogens (tertiary/aromatic N) is 3. The van der Waals surface area contributed by atoms with Crippen molar-refractivity contribution >= 4 is 11.6 Å². The summed E-state index contributed by atoms with van der Waals surface area (Å²) in [5, 5.41) is 6.43. The van der Waals surface area contributed by atoms with E-state index >= 15 is 0 Å². The third-order valence-electron chi connectivity index (χ3n) is 2.46. The fraction of sp³-hybridized carbons (Fsp3) is 0.333. The number of rotatable bonds is 5. The fourth-order valence-electron chi connectivity index (χ4n) is 1.55. The lowest BCUT2D eigenvalue weighted by Crippen LogP contribution is -2.07. The first kappa shape index (κ1) is 11.4. The summed E-state index contributed by atoms with van der Waals surface area (Å²) in [4.78, 5) is 8.68. The Bertz CT molecular complexity index is 477. The smallest absolute Gasteiger partial charge is 0.128 e. The summed E-state index contributed by atoms with van der Waals surface area (Å²) in [6.45, 7) is 3.59. The van der Waals surface area contributed by atoms with Crippen molar-refractivity contribution in [2.24, 2.45) is 7.05 Å². The largest absolute Gasteiger partial charge is 0.370 e. The van der Waals surface area contributed by atoms with Gasteiger partial charge in [-0.1, -0.05) is 6.07 Å². The van der Waals surface area contributed by atoms with Crippen molar-refractivity contribution in [1.82, 2.24) is 14.5 Å². The molecule has 0 amide bonds. The molecule has 2 heterocycles. The van der Waals surface area contributed by atoms with E-state index in [1.807, 2.05) is 36.0 Å². The molecule has 90 valence electrons. The van der Waals surface area contributed by atoms with Crippen LogP contribution in [0.15, 0.2) is 30.6 Å². The van der Waals surface area contributed by atoms with Crippen LogP contribution < -0.4 is 10.6 Å². The minimum Gasteiger partial charge on any atom is -0.370 e. The molecule has 0 saturated carbocycles. The van der Waals surface area contributed by atoms with Gasteiger partial charge in [0.1, 0.15) is 17.5 Å². The van der Waals surface area contributed by atoms with Gasteiger partial charge in [-0.05, 0) is 19.1 Å². The standard InChI is InChI=1S/C12H17N5/c1-3-13-10-5-4-6-11(16-10)15-9-12-14-7-8-17(12)2/h4-8H,3,9H2,1-2H3,(H2,13,15,16). The molecule has 0 bridgehead atoms. The molecule has 0 unspecified atom stereocenters. The Hall–Kier alpha value is -2.04. The van der Waals surface area contributed by atoms with Crippen LogP contribution in [0, 0.1) is 0 Å². The number of pyridine rings is 1. The lowest BCUT2D eigenvalue weighted by Gasteiger charge is -2.08. The Labute approximate surface area is 101 Å².